The van der Waals surface area contributed by atoms with Crippen molar-refractivity contribution in [2.45, 2.75) is 36.6 Å². The van der Waals surface area contributed by atoms with E-state index in [1.807, 2.05) is 0 Å². The molecular weight excluding hydrogens is 542 g/mol. The van der Waals surface area contributed by atoms with Gasteiger partial charge in [0.15, 0.2) is 11.5 Å². The number of benzene rings is 3. The van der Waals surface area contributed by atoms with Crippen molar-refractivity contribution in [1.29, 1.82) is 0 Å². The average molecular weight is 568 g/mol. The van der Waals surface area contributed by atoms with Crippen LogP contribution in [0.15, 0.2) is 71.6 Å². The molecule has 3 aromatic rings. The molecule has 1 aliphatic heterocycles. The molecule has 0 bridgehead atoms. The first-order valence-corrected chi connectivity index (χ1v) is 13.3. The fraction of sp³-hybridized carbons (Fsp3) is 0.296. The van der Waals surface area contributed by atoms with Gasteiger partial charge in [-0.2, -0.15) is 21.6 Å². The highest BCUT2D eigenvalue weighted by Gasteiger charge is 2.32. The second-order valence-electron chi connectivity index (χ2n) is 8.88. The van der Waals surface area contributed by atoms with Crippen LogP contribution in [0.3, 0.4) is 0 Å². The highest BCUT2D eigenvalue weighted by Crippen LogP contribution is 2.34. The quantitative estimate of drug-likeness (QED) is 0.253. The van der Waals surface area contributed by atoms with Gasteiger partial charge in [0, 0.05) is 25.3 Å². The number of rotatable bonds is 9. The van der Waals surface area contributed by atoms with Gasteiger partial charge in [-0.25, -0.2) is 4.39 Å². The molecule has 1 amide bonds. The van der Waals surface area contributed by atoms with E-state index in [0.717, 1.165) is 37.1 Å². The third-order valence-electron chi connectivity index (χ3n) is 6.06. The predicted molar refractivity (Wildman–Crippen MR) is 132 cm³/mol. The fourth-order valence-electron chi connectivity index (χ4n) is 4.16. The van der Waals surface area contributed by atoms with Gasteiger partial charge in [-0.15, -0.1) is 0 Å². The van der Waals surface area contributed by atoms with E-state index < -0.39 is 38.5 Å². The van der Waals surface area contributed by atoms with Crippen LogP contribution >= 0.6 is 0 Å². The summed E-state index contributed by atoms with van der Waals surface area (Å²) < 4.78 is 95.0. The van der Waals surface area contributed by atoms with Crippen LogP contribution in [-0.4, -0.2) is 45.6 Å². The second kappa shape index (κ2) is 11.6. The van der Waals surface area contributed by atoms with E-state index in [4.69, 9.17) is 13.7 Å². The van der Waals surface area contributed by atoms with Crippen LogP contribution < -0.4 is 8.92 Å². The molecule has 0 aromatic heterocycles. The molecule has 7 nitrogen and oxygen atoms in total. The van der Waals surface area contributed by atoms with E-state index in [0.29, 0.717) is 18.2 Å². The first kappa shape index (κ1) is 28.4. The Kier molecular flexibility index (Phi) is 8.45. The van der Waals surface area contributed by atoms with Gasteiger partial charge >= 0.3 is 16.3 Å². The molecule has 1 atom stereocenters. The number of amides is 1. The van der Waals surface area contributed by atoms with Crippen LogP contribution in [-0.2, 0) is 27.6 Å². The minimum Gasteiger partial charge on any atom is -0.493 e. The van der Waals surface area contributed by atoms with E-state index >= 15 is 0 Å². The third-order valence-corrected chi connectivity index (χ3v) is 7.29. The molecule has 0 aliphatic carbocycles. The molecule has 12 heteroatoms. The van der Waals surface area contributed by atoms with E-state index in [-0.39, 0.29) is 36.3 Å². The summed E-state index contributed by atoms with van der Waals surface area (Å²) in [4.78, 5) is 14.1. The summed E-state index contributed by atoms with van der Waals surface area (Å²) in [6.45, 7) is 0.750. The second-order valence-corrected chi connectivity index (χ2v) is 10.4. The van der Waals surface area contributed by atoms with Crippen molar-refractivity contribution in [3.05, 3.63) is 89.2 Å². The van der Waals surface area contributed by atoms with Gasteiger partial charge in [0.1, 0.15) is 10.7 Å². The minimum absolute atomic E-state index is 0.0106. The summed E-state index contributed by atoms with van der Waals surface area (Å²) in [5.74, 6) is -1.29. The van der Waals surface area contributed by atoms with Crippen molar-refractivity contribution >= 4 is 16.0 Å². The van der Waals surface area contributed by atoms with Gasteiger partial charge < -0.3 is 18.6 Å². The molecule has 1 aliphatic rings. The molecule has 3 aromatic carbocycles. The first-order valence-electron chi connectivity index (χ1n) is 11.9. The highest BCUT2D eigenvalue weighted by atomic mass is 32.2. The lowest BCUT2D eigenvalue weighted by Crippen LogP contribution is -2.37. The van der Waals surface area contributed by atoms with E-state index in [1.165, 1.54) is 42.3 Å². The Bertz CT molecular complexity index is 1440. The largest absolute Gasteiger partial charge is 0.493 e. The lowest BCUT2D eigenvalue weighted by molar-refractivity contribution is -0.137. The van der Waals surface area contributed by atoms with Crippen LogP contribution in [0.4, 0.5) is 17.6 Å². The maximum atomic E-state index is 13.8. The normalized spacial score (nSPS) is 15.7. The molecule has 208 valence electrons. The van der Waals surface area contributed by atoms with E-state index in [2.05, 4.69) is 0 Å². The van der Waals surface area contributed by atoms with Gasteiger partial charge in [-0.1, -0.05) is 18.2 Å². The molecule has 1 heterocycles. The van der Waals surface area contributed by atoms with Gasteiger partial charge in [0.2, 0.25) is 0 Å². The molecule has 0 N–H and O–H groups in total. The maximum absolute atomic E-state index is 13.8. The van der Waals surface area contributed by atoms with Crippen LogP contribution in [0, 0.1) is 5.82 Å². The summed E-state index contributed by atoms with van der Waals surface area (Å²) in [7, 11) is -3.41. The molecule has 0 unspecified atom stereocenters. The molecule has 0 spiro atoms. The molecule has 0 saturated carbocycles. The van der Waals surface area contributed by atoms with Crippen molar-refractivity contribution in [2.24, 2.45) is 0 Å². The van der Waals surface area contributed by atoms with Crippen LogP contribution in [0.25, 0.3) is 0 Å². The Hall–Kier alpha value is -3.64. The molecule has 4 rings (SSSR count). The lowest BCUT2D eigenvalue weighted by Gasteiger charge is -2.26. The van der Waals surface area contributed by atoms with Crippen molar-refractivity contribution in [2.75, 3.05) is 20.3 Å². The summed E-state index contributed by atoms with van der Waals surface area (Å²) >= 11 is 0. The minimum atomic E-state index is -4.75. The Morgan fingerprint density at radius 2 is 1.82 bits per heavy atom. The summed E-state index contributed by atoms with van der Waals surface area (Å²) in [5.41, 5.74) is -0.577. The average Bonchev–Trinajstić information content (AvgIpc) is 3.41. The number of hydrogen-bond acceptors (Lipinski definition) is 6. The Balaban J connectivity index is 1.63. The smallest absolute Gasteiger partial charge is 0.416 e. The number of methoxy groups -OCH3 is 1. The van der Waals surface area contributed by atoms with Crippen molar-refractivity contribution in [1.82, 2.24) is 4.90 Å². The monoisotopic (exact) mass is 567 g/mol. The number of nitrogens with zero attached hydrogens (tertiary/aromatic N) is 1. The number of carbonyl (C=O) groups is 1. The van der Waals surface area contributed by atoms with Gasteiger partial charge in [-0.3, -0.25) is 4.79 Å². The molecule has 0 radical (unpaired) electrons. The molecular formula is C27H25F4NO6S. The van der Waals surface area contributed by atoms with Crippen LogP contribution in [0.1, 0.15) is 34.3 Å². The zero-order valence-corrected chi connectivity index (χ0v) is 21.6. The summed E-state index contributed by atoms with van der Waals surface area (Å²) in [6, 6.07) is 12.8. The number of carbonyl (C=O) groups excluding carboxylic acids is 1. The molecule has 1 saturated heterocycles. The Morgan fingerprint density at radius 1 is 1.05 bits per heavy atom. The fourth-order valence-corrected chi connectivity index (χ4v) is 5.14. The molecule has 1 fully saturated rings. The Morgan fingerprint density at radius 3 is 2.49 bits per heavy atom. The van der Waals surface area contributed by atoms with Gasteiger partial charge in [0.25, 0.3) is 5.91 Å². The maximum Gasteiger partial charge on any atom is 0.416 e. The number of hydrogen-bond donors (Lipinski definition) is 0. The summed E-state index contributed by atoms with van der Waals surface area (Å²) in [5, 5.41) is 0. The van der Waals surface area contributed by atoms with Crippen LogP contribution in [0.5, 0.6) is 11.5 Å². The van der Waals surface area contributed by atoms with Crippen molar-refractivity contribution < 1.29 is 44.4 Å². The van der Waals surface area contributed by atoms with Crippen LogP contribution in [0.2, 0.25) is 0 Å². The highest BCUT2D eigenvalue weighted by molar-refractivity contribution is 7.87. The molecule has 39 heavy (non-hydrogen) atoms. The number of ether oxygens (including phenoxy) is 2. The number of halogens is 4. The van der Waals surface area contributed by atoms with Crippen molar-refractivity contribution in [3.8, 4) is 11.5 Å². The predicted octanol–water partition coefficient (Wildman–Crippen LogP) is 5.44. The van der Waals surface area contributed by atoms with Crippen molar-refractivity contribution in [3.63, 3.8) is 0 Å². The number of alkyl halides is 3. The summed E-state index contributed by atoms with van der Waals surface area (Å²) in [6.07, 6.45) is -3.40. The van der Waals surface area contributed by atoms with Gasteiger partial charge in [-0.05, 0) is 66.9 Å². The van der Waals surface area contributed by atoms with E-state index in [1.54, 1.807) is 6.07 Å². The Labute approximate surface area is 223 Å². The van der Waals surface area contributed by atoms with Gasteiger partial charge in [0.05, 0.1) is 18.8 Å². The topological polar surface area (TPSA) is 82.1 Å². The standard InChI is InChI=1S/C27H25F4NO6S/c1-36-24-11-10-18(13-25(24)38-39(34,35)23-9-3-6-20(15-23)27(29,30)31)16-32(17-22-8-4-12-37-22)26(33)19-5-2-7-21(28)14-19/h2-3,5-7,9-11,13-15,22H,4,8,12,16-17H2,1H3/t22-/m0/s1. The SMILES string of the molecule is COc1ccc(CN(C[C@@H]2CCCO2)C(=O)c2cccc(F)c2)cc1OS(=O)(=O)c1cccc(C(F)(F)F)c1. The zero-order chi connectivity index (χ0) is 28.2. The lowest BCUT2D eigenvalue weighted by atomic mass is 10.1. The zero-order valence-electron chi connectivity index (χ0n) is 20.8. The first-order chi connectivity index (χ1) is 18.5. The third kappa shape index (κ3) is 7.07. The van der Waals surface area contributed by atoms with E-state index in [9.17, 15) is 30.8 Å².